The van der Waals surface area contributed by atoms with E-state index in [1.165, 1.54) is 44.1 Å². The molecule has 0 spiro atoms. The molecule has 4 fully saturated rings. The summed E-state index contributed by atoms with van der Waals surface area (Å²) in [6.07, 6.45) is 7.98. The van der Waals surface area contributed by atoms with E-state index in [9.17, 15) is 5.26 Å². The van der Waals surface area contributed by atoms with Gasteiger partial charge in [0.25, 0.3) is 0 Å². The van der Waals surface area contributed by atoms with Crippen LogP contribution in [0.2, 0.25) is 0 Å². The topological polar surface area (TPSA) is 62.5 Å². The molecule has 0 N–H and O–H groups in total. The van der Waals surface area contributed by atoms with Crippen LogP contribution in [0.4, 0.5) is 0 Å². The molecule has 4 aliphatic rings. The first-order chi connectivity index (χ1) is 17.7. The lowest BCUT2D eigenvalue weighted by Crippen LogP contribution is -2.48. The Labute approximate surface area is 212 Å². The molecule has 176 valence electrons. The van der Waals surface area contributed by atoms with Crippen LogP contribution in [0, 0.1) is 29.1 Å². The van der Waals surface area contributed by atoms with Crippen LogP contribution in [0.25, 0.3) is 34.2 Å². The molecular formula is C32H28N4. The van der Waals surface area contributed by atoms with Crippen LogP contribution in [0.5, 0.6) is 0 Å². The highest BCUT2D eigenvalue weighted by Crippen LogP contribution is 2.61. The molecule has 1 aromatic heterocycles. The molecule has 4 saturated carbocycles. The Morgan fingerprint density at radius 2 is 1.08 bits per heavy atom. The van der Waals surface area contributed by atoms with Gasteiger partial charge in [0.1, 0.15) is 0 Å². The van der Waals surface area contributed by atoms with Gasteiger partial charge in [-0.25, -0.2) is 15.0 Å². The second kappa shape index (κ2) is 8.38. The highest BCUT2D eigenvalue weighted by atomic mass is 15.0. The third kappa shape index (κ3) is 3.71. The van der Waals surface area contributed by atoms with Crippen LogP contribution < -0.4 is 0 Å². The van der Waals surface area contributed by atoms with Gasteiger partial charge in [-0.15, -0.1) is 0 Å². The Balaban J connectivity index is 1.39. The molecule has 0 atom stereocenters. The Kier molecular flexibility index (Phi) is 4.99. The largest absolute Gasteiger partial charge is 0.208 e. The van der Waals surface area contributed by atoms with Crippen molar-refractivity contribution < 1.29 is 0 Å². The molecule has 4 heteroatoms. The molecule has 0 radical (unpaired) electrons. The van der Waals surface area contributed by atoms with Gasteiger partial charge in [0.15, 0.2) is 17.5 Å². The first-order valence-corrected chi connectivity index (χ1v) is 13.1. The zero-order valence-corrected chi connectivity index (χ0v) is 20.3. The van der Waals surface area contributed by atoms with Crippen LogP contribution in [0.3, 0.4) is 0 Å². The van der Waals surface area contributed by atoms with Gasteiger partial charge in [-0.3, -0.25) is 0 Å². The lowest BCUT2D eigenvalue weighted by Gasteiger charge is -2.57. The number of nitriles is 1. The second-order valence-electron chi connectivity index (χ2n) is 11.1. The molecule has 0 unspecified atom stereocenters. The van der Waals surface area contributed by atoms with Gasteiger partial charge >= 0.3 is 0 Å². The third-order valence-electron chi connectivity index (χ3n) is 8.67. The maximum Gasteiger partial charge on any atom is 0.164 e. The maximum absolute atomic E-state index is 9.98. The van der Waals surface area contributed by atoms with E-state index in [0.717, 1.165) is 34.4 Å². The van der Waals surface area contributed by atoms with E-state index < -0.39 is 0 Å². The summed E-state index contributed by atoms with van der Waals surface area (Å²) >= 11 is 0. The van der Waals surface area contributed by atoms with Gasteiger partial charge in [0, 0.05) is 16.7 Å². The summed E-state index contributed by atoms with van der Waals surface area (Å²) < 4.78 is 0. The molecule has 8 rings (SSSR count). The van der Waals surface area contributed by atoms with E-state index in [1.54, 1.807) is 0 Å². The number of hydrogen-bond donors (Lipinski definition) is 0. The summed E-state index contributed by atoms with van der Waals surface area (Å²) in [6, 6.07) is 28.9. The minimum absolute atomic E-state index is 0.202. The Morgan fingerprint density at radius 3 is 1.56 bits per heavy atom. The normalized spacial score (nSPS) is 26.0. The number of rotatable bonds is 4. The second-order valence-corrected chi connectivity index (χ2v) is 11.1. The smallest absolute Gasteiger partial charge is 0.164 e. The van der Waals surface area contributed by atoms with Crippen molar-refractivity contribution in [1.29, 1.82) is 5.26 Å². The van der Waals surface area contributed by atoms with Crippen molar-refractivity contribution in [3.05, 3.63) is 90.0 Å². The van der Waals surface area contributed by atoms with Crippen LogP contribution in [-0.2, 0) is 5.41 Å². The predicted molar refractivity (Wildman–Crippen MR) is 141 cm³/mol. The zero-order valence-electron chi connectivity index (χ0n) is 20.3. The number of nitrogens with zero attached hydrogens (tertiary/aromatic N) is 4. The van der Waals surface area contributed by atoms with Crippen molar-refractivity contribution in [3.8, 4) is 40.2 Å². The summed E-state index contributed by atoms with van der Waals surface area (Å²) in [7, 11) is 0. The molecule has 0 aliphatic heterocycles. The molecule has 36 heavy (non-hydrogen) atoms. The molecule has 1 heterocycles. The lowest BCUT2D eigenvalue weighted by atomic mass is 9.48. The van der Waals surface area contributed by atoms with Crippen molar-refractivity contribution in [2.24, 2.45) is 17.8 Å². The Hall–Kier alpha value is -3.84. The van der Waals surface area contributed by atoms with E-state index >= 15 is 0 Å². The van der Waals surface area contributed by atoms with Crippen molar-refractivity contribution in [1.82, 2.24) is 15.0 Å². The molecule has 4 nitrogen and oxygen atoms in total. The highest BCUT2D eigenvalue weighted by molar-refractivity contribution is 5.68. The van der Waals surface area contributed by atoms with Gasteiger partial charge < -0.3 is 0 Å². The van der Waals surface area contributed by atoms with Crippen LogP contribution in [-0.4, -0.2) is 15.0 Å². The number of benzene rings is 3. The molecule has 4 aliphatic carbocycles. The van der Waals surface area contributed by atoms with E-state index in [0.29, 0.717) is 23.0 Å². The van der Waals surface area contributed by atoms with Gasteiger partial charge in [0.05, 0.1) is 11.6 Å². The number of aromatic nitrogens is 3. The monoisotopic (exact) mass is 468 g/mol. The average molecular weight is 469 g/mol. The summed E-state index contributed by atoms with van der Waals surface area (Å²) in [6.45, 7) is 0. The fraction of sp³-hybridized carbons (Fsp3) is 0.312. The van der Waals surface area contributed by atoms with Crippen molar-refractivity contribution in [3.63, 3.8) is 0 Å². The van der Waals surface area contributed by atoms with E-state index in [1.807, 2.05) is 66.7 Å². The molecule has 3 aromatic carbocycles. The lowest BCUT2D eigenvalue weighted by molar-refractivity contribution is -0.00518. The summed E-state index contributed by atoms with van der Waals surface area (Å²) in [5.41, 5.74) is 5.04. The third-order valence-corrected chi connectivity index (χ3v) is 8.67. The summed E-state index contributed by atoms with van der Waals surface area (Å²) in [4.78, 5) is 14.7. The quantitative estimate of drug-likeness (QED) is 0.317. The predicted octanol–water partition coefficient (Wildman–Crippen LogP) is 7.21. The first kappa shape index (κ1) is 21.4. The SMILES string of the molecule is N#Cc1cc(-c2nc(-c3ccccc3)nc(-c3ccccc3)n2)cc(C23CC4CC(CC(C4)C2)C3)c1. The summed E-state index contributed by atoms with van der Waals surface area (Å²) in [5, 5.41) is 9.98. The highest BCUT2D eigenvalue weighted by Gasteiger charge is 2.51. The molecule has 0 amide bonds. The number of hydrogen-bond acceptors (Lipinski definition) is 4. The Morgan fingerprint density at radius 1 is 0.611 bits per heavy atom. The Bertz CT molecular complexity index is 1380. The van der Waals surface area contributed by atoms with Crippen LogP contribution in [0.15, 0.2) is 78.9 Å². The molecule has 4 aromatic rings. The molecule has 4 bridgehead atoms. The van der Waals surface area contributed by atoms with E-state index in [-0.39, 0.29) is 5.41 Å². The fourth-order valence-electron chi connectivity index (χ4n) is 7.53. The standard InChI is InChI=1S/C32H28N4/c33-20-24-14-27(16-28(15-24)32-17-21-11-22(18-32)13-23(12-21)19-32)31-35-29(25-7-3-1-4-8-25)34-30(36-31)26-9-5-2-6-10-26/h1-10,14-16,21-23H,11-13,17-19H2. The van der Waals surface area contributed by atoms with Gasteiger partial charge in [0.2, 0.25) is 0 Å². The maximum atomic E-state index is 9.98. The van der Waals surface area contributed by atoms with Gasteiger partial charge in [-0.1, -0.05) is 60.7 Å². The fourth-order valence-corrected chi connectivity index (χ4v) is 7.53. The van der Waals surface area contributed by atoms with Gasteiger partial charge in [-0.2, -0.15) is 5.26 Å². The minimum Gasteiger partial charge on any atom is -0.208 e. The van der Waals surface area contributed by atoms with E-state index in [4.69, 9.17) is 15.0 Å². The van der Waals surface area contributed by atoms with E-state index in [2.05, 4.69) is 18.2 Å². The van der Waals surface area contributed by atoms with Crippen molar-refractivity contribution in [2.75, 3.05) is 0 Å². The molecular weight excluding hydrogens is 440 g/mol. The zero-order chi connectivity index (χ0) is 24.1. The average Bonchev–Trinajstić information content (AvgIpc) is 2.93. The van der Waals surface area contributed by atoms with Crippen molar-refractivity contribution >= 4 is 0 Å². The molecule has 0 saturated heterocycles. The minimum atomic E-state index is 0.202. The van der Waals surface area contributed by atoms with Gasteiger partial charge in [-0.05, 0) is 85.5 Å². The van der Waals surface area contributed by atoms with Crippen molar-refractivity contribution in [2.45, 2.75) is 43.9 Å². The van der Waals surface area contributed by atoms with Crippen LogP contribution >= 0.6 is 0 Å². The first-order valence-electron chi connectivity index (χ1n) is 13.1. The van der Waals surface area contributed by atoms with Crippen LogP contribution in [0.1, 0.15) is 49.7 Å². The summed E-state index contributed by atoms with van der Waals surface area (Å²) in [5.74, 6) is 4.47.